The summed E-state index contributed by atoms with van der Waals surface area (Å²) in [5.74, 6) is 0. The summed E-state index contributed by atoms with van der Waals surface area (Å²) in [4.78, 5) is 11.7. The summed E-state index contributed by atoms with van der Waals surface area (Å²) in [5.41, 5.74) is 2.11. The summed E-state index contributed by atoms with van der Waals surface area (Å²) in [6, 6.07) is 9.07. The number of nitrogens with one attached hydrogen (secondary N) is 3. The zero-order valence-corrected chi connectivity index (χ0v) is 11.1. The summed E-state index contributed by atoms with van der Waals surface area (Å²) >= 11 is 0. The molecule has 4 heteroatoms. The van der Waals surface area contributed by atoms with Crippen molar-refractivity contribution in [3.05, 3.63) is 29.8 Å². The highest BCUT2D eigenvalue weighted by atomic mass is 16.2. The molecular formula is C15H21N3O. The van der Waals surface area contributed by atoms with Crippen LogP contribution in [0.2, 0.25) is 0 Å². The molecule has 0 atom stereocenters. The number of urea groups is 1. The number of carbonyl (C=O) groups is 1. The minimum absolute atomic E-state index is 0.0893. The Hall–Kier alpha value is -1.55. The molecule has 0 saturated heterocycles. The maximum Gasteiger partial charge on any atom is 0.319 e. The van der Waals surface area contributed by atoms with Crippen LogP contribution in [0.5, 0.6) is 0 Å². The van der Waals surface area contributed by atoms with E-state index in [1.165, 1.54) is 24.8 Å². The van der Waals surface area contributed by atoms with Gasteiger partial charge in [0, 0.05) is 24.3 Å². The molecule has 3 rings (SSSR count). The Balaban J connectivity index is 1.45. The van der Waals surface area contributed by atoms with Gasteiger partial charge in [-0.1, -0.05) is 12.1 Å². The van der Waals surface area contributed by atoms with Crippen molar-refractivity contribution in [1.82, 2.24) is 10.6 Å². The standard InChI is InChI=1S/C15H21N3O/c19-15(17-13-2-1-3-13)18-14-6-4-11(5-7-14)10-16-12-8-9-12/h4-7,12-13,16H,1-3,8-10H2,(H2,17,18,19). The van der Waals surface area contributed by atoms with E-state index in [0.717, 1.165) is 31.1 Å². The molecule has 0 aliphatic heterocycles. The summed E-state index contributed by atoms with van der Waals surface area (Å²) in [6.07, 6.45) is 6.06. The van der Waals surface area contributed by atoms with E-state index in [1.807, 2.05) is 12.1 Å². The number of amides is 2. The molecule has 1 aromatic carbocycles. The summed E-state index contributed by atoms with van der Waals surface area (Å²) in [6.45, 7) is 0.916. The van der Waals surface area contributed by atoms with Gasteiger partial charge in [-0.2, -0.15) is 0 Å². The lowest BCUT2D eigenvalue weighted by atomic mass is 9.93. The summed E-state index contributed by atoms with van der Waals surface area (Å²) < 4.78 is 0. The quantitative estimate of drug-likeness (QED) is 0.761. The van der Waals surface area contributed by atoms with Gasteiger partial charge in [0.15, 0.2) is 0 Å². The van der Waals surface area contributed by atoms with Gasteiger partial charge in [-0.3, -0.25) is 0 Å². The highest BCUT2D eigenvalue weighted by molar-refractivity contribution is 5.89. The number of carbonyl (C=O) groups excluding carboxylic acids is 1. The molecule has 2 amide bonds. The molecule has 2 fully saturated rings. The van der Waals surface area contributed by atoms with Gasteiger partial charge in [-0.05, 0) is 49.8 Å². The molecule has 0 spiro atoms. The van der Waals surface area contributed by atoms with Gasteiger partial charge in [-0.25, -0.2) is 4.79 Å². The van der Waals surface area contributed by atoms with Crippen molar-refractivity contribution in [3.8, 4) is 0 Å². The molecule has 102 valence electrons. The summed E-state index contributed by atoms with van der Waals surface area (Å²) in [5, 5.41) is 9.32. The Labute approximate surface area is 114 Å². The highest BCUT2D eigenvalue weighted by Crippen LogP contribution is 2.20. The molecule has 19 heavy (non-hydrogen) atoms. The fraction of sp³-hybridized carbons (Fsp3) is 0.533. The van der Waals surface area contributed by atoms with Crippen molar-refractivity contribution in [3.63, 3.8) is 0 Å². The second-order valence-electron chi connectivity index (χ2n) is 5.58. The predicted octanol–water partition coefficient (Wildman–Crippen LogP) is 2.61. The van der Waals surface area contributed by atoms with Crippen molar-refractivity contribution in [1.29, 1.82) is 0 Å². The smallest absolute Gasteiger partial charge is 0.319 e. The van der Waals surface area contributed by atoms with Gasteiger partial charge in [0.1, 0.15) is 0 Å². The maximum absolute atomic E-state index is 11.7. The van der Waals surface area contributed by atoms with Crippen LogP contribution in [0.4, 0.5) is 10.5 Å². The Morgan fingerprint density at radius 3 is 2.37 bits per heavy atom. The first kappa shape index (κ1) is 12.5. The van der Waals surface area contributed by atoms with E-state index in [4.69, 9.17) is 0 Å². The van der Waals surface area contributed by atoms with Gasteiger partial charge in [0.25, 0.3) is 0 Å². The average Bonchev–Trinajstić information content (AvgIpc) is 3.17. The van der Waals surface area contributed by atoms with Crippen LogP contribution < -0.4 is 16.0 Å². The van der Waals surface area contributed by atoms with Crippen molar-refractivity contribution >= 4 is 11.7 Å². The largest absolute Gasteiger partial charge is 0.335 e. The van der Waals surface area contributed by atoms with Crippen LogP contribution in [0.3, 0.4) is 0 Å². The number of hydrogen-bond acceptors (Lipinski definition) is 2. The molecule has 3 N–H and O–H groups in total. The fourth-order valence-corrected chi connectivity index (χ4v) is 2.16. The van der Waals surface area contributed by atoms with Crippen LogP contribution in [-0.2, 0) is 6.54 Å². The minimum Gasteiger partial charge on any atom is -0.335 e. The van der Waals surface area contributed by atoms with Crippen LogP contribution in [-0.4, -0.2) is 18.1 Å². The molecule has 0 heterocycles. The summed E-state index contributed by atoms with van der Waals surface area (Å²) in [7, 11) is 0. The van der Waals surface area contributed by atoms with Crippen LogP contribution in [0.1, 0.15) is 37.7 Å². The monoisotopic (exact) mass is 259 g/mol. The first-order valence-electron chi connectivity index (χ1n) is 7.19. The molecule has 0 bridgehead atoms. The molecule has 2 aliphatic carbocycles. The van der Waals surface area contributed by atoms with Crippen molar-refractivity contribution in [2.75, 3.05) is 5.32 Å². The molecular weight excluding hydrogens is 238 g/mol. The van der Waals surface area contributed by atoms with Crippen molar-refractivity contribution < 1.29 is 4.79 Å². The third-order valence-electron chi connectivity index (χ3n) is 3.82. The fourth-order valence-electron chi connectivity index (χ4n) is 2.16. The van der Waals surface area contributed by atoms with Gasteiger partial charge < -0.3 is 16.0 Å². The zero-order chi connectivity index (χ0) is 13.1. The second kappa shape index (κ2) is 5.61. The maximum atomic E-state index is 11.7. The van der Waals surface area contributed by atoms with E-state index in [2.05, 4.69) is 28.1 Å². The van der Waals surface area contributed by atoms with E-state index < -0.39 is 0 Å². The zero-order valence-electron chi connectivity index (χ0n) is 11.1. The molecule has 0 unspecified atom stereocenters. The number of rotatable bonds is 5. The van der Waals surface area contributed by atoms with Gasteiger partial charge in [0.2, 0.25) is 0 Å². The third kappa shape index (κ3) is 3.70. The minimum atomic E-state index is -0.0893. The van der Waals surface area contributed by atoms with E-state index in [-0.39, 0.29) is 6.03 Å². The molecule has 2 aliphatic rings. The molecule has 2 saturated carbocycles. The van der Waals surface area contributed by atoms with Gasteiger partial charge in [0.05, 0.1) is 0 Å². The highest BCUT2D eigenvalue weighted by Gasteiger charge is 2.20. The Morgan fingerprint density at radius 2 is 1.79 bits per heavy atom. The van der Waals surface area contributed by atoms with E-state index in [0.29, 0.717) is 6.04 Å². The van der Waals surface area contributed by atoms with Crippen LogP contribution in [0.15, 0.2) is 24.3 Å². The predicted molar refractivity (Wildman–Crippen MR) is 76.1 cm³/mol. The van der Waals surface area contributed by atoms with Crippen molar-refractivity contribution in [2.24, 2.45) is 0 Å². The van der Waals surface area contributed by atoms with Crippen LogP contribution in [0, 0.1) is 0 Å². The van der Waals surface area contributed by atoms with E-state index in [1.54, 1.807) is 0 Å². The first-order valence-corrected chi connectivity index (χ1v) is 7.19. The second-order valence-corrected chi connectivity index (χ2v) is 5.58. The Kier molecular flexibility index (Phi) is 3.69. The first-order chi connectivity index (χ1) is 9.29. The lowest BCUT2D eigenvalue weighted by molar-refractivity contribution is 0.240. The van der Waals surface area contributed by atoms with E-state index in [9.17, 15) is 4.79 Å². The third-order valence-corrected chi connectivity index (χ3v) is 3.82. The molecule has 1 aromatic rings. The average molecular weight is 259 g/mol. The van der Waals surface area contributed by atoms with Gasteiger partial charge >= 0.3 is 6.03 Å². The number of hydrogen-bond donors (Lipinski definition) is 3. The van der Waals surface area contributed by atoms with Crippen LogP contribution in [0.25, 0.3) is 0 Å². The Bertz CT molecular complexity index is 435. The molecule has 0 aromatic heterocycles. The molecule has 4 nitrogen and oxygen atoms in total. The lowest BCUT2D eigenvalue weighted by Gasteiger charge is -2.26. The SMILES string of the molecule is O=C(Nc1ccc(CNC2CC2)cc1)NC1CCC1. The Morgan fingerprint density at radius 1 is 1.05 bits per heavy atom. The lowest BCUT2D eigenvalue weighted by Crippen LogP contribution is -2.41. The normalized spacial score (nSPS) is 18.7. The molecule has 0 radical (unpaired) electrons. The van der Waals surface area contributed by atoms with Gasteiger partial charge in [-0.15, -0.1) is 0 Å². The van der Waals surface area contributed by atoms with Crippen LogP contribution >= 0.6 is 0 Å². The topological polar surface area (TPSA) is 53.2 Å². The van der Waals surface area contributed by atoms with Crippen molar-refractivity contribution in [2.45, 2.75) is 50.7 Å². The number of benzene rings is 1. The number of anilines is 1. The van der Waals surface area contributed by atoms with E-state index >= 15 is 0 Å².